The summed E-state index contributed by atoms with van der Waals surface area (Å²) in [5.41, 5.74) is 0. The van der Waals surface area contributed by atoms with Gasteiger partial charge in [-0.2, -0.15) is 15.0 Å². The van der Waals surface area contributed by atoms with Gasteiger partial charge in [-0.3, -0.25) is 0 Å². The fourth-order valence-electron chi connectivity index (χ4n) is 1.85. The molecule has 7 nitrogen and oxygen atoms in total. The molecular weight excluding hydrogens is 246 g/mol. The minimum absolute atomic E-state index is 0.322. The molecule has 0 radical (unpaired) electrons. The molecule has 0 spiro atoms. The first-order valence-corrected chi connectivity index (χ1v) is 6.70. The summed E-state index contributed by atoms with van der Waals surface area (Å²) in [7, 11) is 1.55. The van der Waals surface area contributed by atoms with Gasteiger partial charge in [-0.15, -0.1) is 0 Å². The lowest BCUT2D eigenvalue weighted by Gasteiger charge is -2.23. The Morgan fingerprint density at radius 3 is 2.63 bits per heavy atom. The zero-order chi connectivity index (χ0) is 13.5. The van der Waals surface area contributed by atoms with Gasteiger partial charge in [0.25, 0.3) is 0 Å². The van der Waals surface area contributed by atoms with Crippen LogP contribution in [0.4, 0.5) is 11.9 Å². The molecule has 1 aliphatic heterocycles. The summed E-state index contributed by atoms with van der Waals surface area (Å²) in [5.74, 6) is 1.10. The van der Waals surface area contributed by atoms with Crippen LogP contribution in [0.2, 0.25) is 0 Å². The van der Waals surface area contributed by atoms with Crippen molar-refractivity contribution in [2.45, 2.75) is 32.2 Å². The van der Waals surface area contributed by atoms with Crippen LogP contribution < -0.4 is 15.4 Å². The third-order valence-electron chi connectivity index (χ3n) is 2.89. The van der Waals surface area contributed by atoms with Gasteiger partial charge >= 0.3 is 6.01 Å². The number of rotatable bonds is 6. The summed E-state index contributed by atoms with van der Waals surface area (Å²) in [6, 6.07) is 0.669. The van der Waals surface area contributed by atoms with Gasteiger partial charge in [0.1, 0.15) is 0 Å². The van der Waals surface area contributed by atoms with E-state index >= 15 is 0 Å². The predicted octanol–water partition coefficient (Wildman–Crippen LogP) is 1.29. The molecule has 7 heteroatoms. The monoisotopic (exact) mass is 267 g/mol. The number of methoxy groups -OCH3 is 1. The Morgan fingerprint density at radius 1 is 1.21 bits per heavy atom. The van der Waals surface area contributed by atoms with Crippen LogP contribution in [0.3, 0.4) is 0 Å². The van der Waals surface area contributed by atoms with Crippen molar-refractivity contribution in [1.82, 2.24) is 15.0 Å². The van der Waals surface area contributed by atoms with Gasteiger partial charge in [-0.25, -0.2) is 0 Å². The minimum atomic E-state index is 0.322. The van der Waals surface area contributed by atoms with Gasteiger partial charge in [0.2, 0.25) is 11.9 Å². The maximum absolute atomic E-state index is 5.33. The topological polar surface area (TPSA) is 81.2 Å². The van der Waals surface area contributed by atoms with Crippen LogP contribution in [0.25, 0.3) is 0 Å². The Bertz CT molecular complexity index is 396. The van der Waals surface area contributed by atoms with Crippen LogP contribution in [0.15, 0.2) is 0 Å². The fourth-order valence-corrected chi connectivity index (χ4v) is 1.85. The second-order valence-electron chi connectivity index (χ2n) is 4.43. The van der Waals surface area contributed by atoms with E-state index in [1.807, 2.05) is 0 Å². The van der Waals surface area contributed by atoms with Crippen molar-refractivity contribution in [2.24, 2.45) is 0 Å². The molecule has 0 aliphatic carbocycles. The second kappa shape index (κ2) is 7.08. The van der Waals surface area contributed by atoms with Crippen molar-refractivity contribution in [3.05, 3.63) is 0 Å². The summed E-state index contributed by atoms with van der Waals surface area (Å²) in [4.78, 5) is 12.7. The van der Waals surface area contributed by atoms with E-state index in [0.29, 0.717) is 23.9 Å². The molecule has 106 valence electrons. The summed E-state index contributed by atoms with van der Waals surface area (Å²) >= 11 is 0. The van der Waals surface area contributed by atoms with Crippen molar-refractivity contribution in [3.8, 4) is 6.01 Å². The van der Waals surface area contributed by atoms with Crippen LogP contribution in [0.1, 0.15) is 26.2 Å². The molecule has 0 bridgehead atoms. The first-order valence-electron chi connectivity index (χ1n) is 6.70. The maximum Gasteiger partial charge on any atom is 0.322 e. The molecule has 0 aromatic carbocycles. The molecule has 0 saturated carbocycles. The second-order valence-corrected chi connectivity index (χ2v) is 4.43. The lowest BCUT2D eigenvalue weighted by atomic mass is 10.1. The highest BCUT2D eigenvalue weighted by Crippen LogP contribution is 2.15. The quantitative estimate of drug-likeness (QED) is 0.803. The number of nitrogens with zero attached hydrogens (tertiary/aromatic N) is 3. The number of anilines is 2. The Kier molecular flexibility index (Phi) is 5.14. The Labute approximate surface area is 113 Å². The number of nitrogens with one attached hydrogen (secondary N) is 2. The summed E-state index contributed by atoms with van der Waals surface area (Å²) < 4.78 is 10.4. The molecule has 1 aliphatic rings. The van der Waals surface area contributed by atoms with E-state index in [1.54, 1.807) is 7.11 Å². The zero-order valence-electron chi connectivity index (χ0n) is 11.5. The highest BCUT2D eigenvalue weighted by Gasteiger charge is 2.15. The van der Waals surface area contributed by atoms with Gasteiger partial charge in [0.15, 0.2) is 0 Å². The molecule has 19 heavy (non-hydrogen) atoms. The average molecular weight is 267 g/mol. The highest BCUT2D eigenvalue weighted by atomic mass is 16.5. The lowest BCUT2D eigenvalue weighted by molar-refractivity contribution is 0.0903. The van der Waals surface area contributed by atoms with Crippen LogP contribution in [0, 0.1) is 0 Å². The van der Waals surface area contributed by atoms with Crippen LogP contribution in [-0.2, 0) is 4.74 Å². The summed E-state index contributed by atoms with van der Waals surface area (Å²) in [5, 5.41) is 6.45. The van der Waals surface area contributed by atoms with Crippen LogP contribution in [0.5, 0.6) is 6.01 Å². The molecule has 1 aromatic heterocycles. The number of hydrogen-bond acceptors (Lipinski definition) is 7. The van der Waals surface area contributed by atoms with Gasteiger partial charge < -0.3 is 20.1 Å². The molecule has 0 unspecified atom stereocenters. The lowest BCUT2D eigenvalue weighted by Crippen LogP contribution is -2.29. The third-order valence-corrected chi connectivity index (χ3v) is 2.89. The van der Waals surface area contributed by atoms with E-state index in [9.17, 15) is 0 Å². The predicted molar refractivity (Wildman–Crippen MR) is 72.6 cm³/mol. The first kappa shape index (κ1) is 13.8. The standard InChI is InChI=1S/C12H21N5O2/c1-3-6-13-10-15-11(17-12(16-10)18-2)14-9-4-7-19-8-5-9/h9H,3-8H2,1-2H3,(H2,13,14,15,16,17). The molecule has 2 N–H and O–H groups in total. The Hall–Kier alpha value is -1.63. The highest BCUT2D eigenvalue weighted by molar-refractivity contribution is 5.36. The van der Waals surface area contributed by atoms with Crippen molar-refractivity contribution in [2.75, 3.05) is 37.5 Å². The maximum atomic E-state index is 5.33. The smallest absolute Gasteiger partial charge is 0.322 e. The van der Waals surface area contributed by atoms with E-state index in [-0.39, 0.29) is 0 Å². The Morgan fingerprint density at radius 2 is 1.95 bits per heavy atom. The normalized spacial score (nSPS) is 16.1. The zero-order valence-corrected chi connectivity index (χ0v) is 11.5. The number of hydrogen-bond donors (Lipinski definition) is 2. The molecule has 2 heterocycles. The van der Waals surface area contributed by atoms with Crippen molar-refractivity contribution in [3.63, 3.8) is 0 Å². The molecule has 0 atom stereocenters. The number of aromatic nitrogens is 3. The summed E-state index contributed by atoms with van der Waals surface area (Å²) in [6.45, 7) is 4.47. The van der Waals surface area contributed by atoms with E-state index in [0.717, 1.165) is 39.0 Å². The summed E-state index contributed by atoms with van der Waals surface area (Å²) in [6.07, 6.45) is 2.94. The number of ether oxygens (including phenoxy) is 2. The van der Waals surface area contributed by atoms with Gasteiger partial charge in [-0.05, 0) is 19.3 Å². The van der Waals surface area contributed by atoms with Crippen molar-refractivity contribution >= 4 is 11.9 Å². The van der Waals surface area contributed by atoms with Gasteiger partial charge in [0.05, 0.1) is 7.11 Å². The molecule has 2 rings (SSSR count). The molecular formula is C12H21N5O2. The minimum Gasteiger partial charge on any atom is -0.467 e. The van der Waals surface area contributed by atoms with Crippen molar-refractivity contribution < 1.29 is 9.47 Å². The molecule has 0 amide bonds. The Balaban J connectivity index is 2.04. The fraction of sp³-hybridized carbons (Fsp3) is 0.750. The molecule has 1 fully saturated rings. The average Bonchev–Trinajstić information content (AvgIpc) is 2.46. The van der Waals surface area contributed by atoms with E-state index in [2.05, 4.69) is 32.5 Å². The van der Waals surface area contributed by atoms with Crippen LogP contribution in [-0.4, -0.2) is 47.9 Å². The largest absolute Gasteiger partial charge is 0.467 e. The van der Waals surface area contributed by atoms with E-state index in [1.165, 1.54) is 0 Å². The molecule has 1 aromatic rings. The van der Waals surface area contributed by atoms with Crippen LogP contribution >= 0.6 is 0 Å². The first-order chi connectivity index (χ1) is 9.31. The van der Waals surface area contributed by atoms with E-state index in [4.69, 9.17) is 9.47 Å². The third kappa shape index (κ3) is 4.20. The SMILES string of the molecule is CCCNc1nc(NC2CCOCC2)nc(OC)n1. The van der Waals surface area contributed by atoms with Gasteiger partial charge in [-0.1, -0.05) is 6.92 Å². The van der Waals surface area contributed by atoms with Crippen molar-refractivity contribution in [1.29, 1.82) is 0 Å². The van der Waals surface area contributed by atoms with Gasteiger partial charge in [0, 0.05) is 25.8 Å². The van der Waals surface area contributed by atoms with E-state index < -0.39 is 0 Å². The molecule has 1 saturated heterocycles.